The molecule has 0 aliphatic carbocycles. The van der Waals surface area contributed by atoms with Crippen LogP contribution in [0.25, 0.3) is 0 Å². The van der Waals surface area contributed by atoms with Gasteiger partial charge in [-0.3, -0.25) is 28.8 Å². The van der Waals surface area contributed by atoms with Crippen LogP contribution in [-0.2, 0) is 47.0 Å². The van der Waals surface area contributed by atoms with Gasteiger partial charge in [0.25, 0.3) is 17.7 Å². The summed E-state index contributed by atoms with van der Waals surface area (Å²) in [4.78, 5) is 88.8. The van der Waals surface area contributed by atoms with Gasteiger partial charge in [-0.15, -0.1) is 0 Å². The zero-order valence-corrected chi connectivity index (χ0v) is 73.8. The molecule has 0 bridgehead atoms. The Morgan fingerprint density at radius 1 is 0.310 bits per heavy atom. The fourth-order valence-corrected chi connectivity index (χ4v) is 20.0. The Morgan fingerprint density at radius 3 is 1.10 bits per heavy atom. The van der Waals surface area contributed by atoms with Crippen LogP contribution in [0.5, 0.6) is 11.5 Å². The van der Waals surface area contributed by atoms with Crippen LogP contribution in [0.1, 0.15) is 267 Å². The number of pyridine rings is 3. The van der Waals surface area contributed by atoms with Crippen molar-refractivity contribution in [1.29, 1.82) is 0 Å². The maximum Gasteiger partial charge on any atom is 0.270 e. The van der Waals surface area contributed by atoms with Crippen molar-refractivity contribution < 1.29 is 38.2 Å². The van der Waals surface area contributed by atoms with E-state index < -0.39 is 33.0 Å². The zero-order chi connectivity index (χ0) is 84.3. The van der Waals surface area contributed by atoms with Crippen LogP contribution in [0.3, 0.4) is 0 Å². The molecule has 0 saturated heterocycles. The quantitative estimate of drug-likeness (QED) is 0.0856. The minimum absolute atomic E-state index is 0. The Bertz CT molecular complexity index is 3770. The number of nitrogens with zero attached hydrogens (tertiary/aromatic N) is 3. The van der Waals surface area contributed by atoms with Crippen LogP contribution in [0.4, 0.5) is 40.2 Å². The average molecular weight is 1550 g/mol. The van der Waals surface area contributed by atoms with Gasteiger partial charge >= 0.3 is 0 Å². The summed E-state index contributed by atoms with van der Waals surface area (Å²) in [6, 6.07) is 35.1. The first-order valence-corrected chi connectivity index (χ1v) is 39.6. The highest BCUT2D eigenvalue weighted by atomic mass is 16.5. The van der Waals surface area contributed by atoms with Gasteiger partial charge in [-0.05, 0) is 123 Å². The minimum Gasteiger partial charge on any atom is -0.474 e. The Hall–Kier alpha value is -8.67. The molecule has 9 heterocycles. The number of anilines is 7. The van der Waals surface area contributed by atoms with E-state index in [0.717, 1.165) is 64.1 Å². The van der Waals surface area contributed by atoms with Gasteiger partial charge < -0.3 is 46.7 Å². The molecule has 3 aromatic heterocycles. The molecule has 6 aliphatic rings. The van der Waals surface area contributed by atoms with Gasteiger partial charge in [0, 0.05) is 51.5 Å². The summed E-state index contributed by atoms with van der Waals surface area (Å²) in [5, 5.41) is 21.5. The van der Waals surface area contributed by atoms with Crippen LogP contribution >= 0.6 is 0 Å². The van der Waals surface area contributed by atoms with Crippen LogP contribution < -0.4 is 46.7 Å². The average Bonchev–Trinajstić information content (AvgIpc) is 1.74. The second kappa shape index (κ2) is 32.5. The van der Waals surface area contributed by atoms with Gasteiger partial charge in [0.05, 0.1) is 33.3 Å². The number of benzene rings is 3. The summed E-state index contributed by atoms with van der Waals surface area (Å²) in [6.45, 7) is 71.4. The molecule has 6 aliphatic heterocycles. The number of nitrogens with one attached hydrogen (secondary N) is 7. The van der Waals surface area contributed by atoms with E-state index in [-0.39, 0.29) is 116 Å². The smallest absolute Gasteiger partial charge is 0.270 e. The third kappa shape index (κ3) is 16.9. The Labute approximate surface area is 680 Å². The molecule has 7 N–H and O–H groups in total. The maximum absolute atomic E-state index is 12.9. The Morgan fingerprint density at radius 2 is 0.637 bits per heavy atom. The molecule has 0 atom stereocenters. The lowest BCUT2D eigenvalue weighted by Gasteiger charge is -2.54. The summed E-state index contributed by atoms with van der Waals surface area (Å²) in [7, 11) is 0. The van der Waals surface area contributed by atoms with Crippen molar-refractivity contribution in [1.82, 2.24) is 15.0 Å². The number of ether oxygens (including phenoxy) is 2. The van der Waals surface area contributed by atoms with E-state index in [9.17, 15) is 28.8 Å². The van der Waals surface area contributed by atoms with Crippen molar-refractivity contribution in [3.05, 3.63) is 144 Å². The van der Waals surface area contributed by atoms with Crippen molar-refractivity contribution in [2.75, 3.05) is 37.2 Å². The highest BCUT2D eigenvalue weighted by Gasteiger charge is 2.64. The van der Waals surface area contributed by atoms with Crippen molar-refractivity contribution in [3.8, 4) is 11.5 Å². The minimum atomic E-state index is -0.934. The first-order chi connectivity index (χ1) is 50.5. The number of hydrogen-bond acceptors (Lipinski definition) is 12. The number of fused-ring (bicyclic) bond motifs is 6. The zero-order valence-electron chi connectivity index (χ0n) is 73.8. The van der Waals surface area contributed by atoms with E-state index in [1.807, 2.05) is 180 Å². The third-order valence-electron chi connectivity index (χ3n) is 24.5. The van der Waals surface area contributed by atoms with Gasteiger partial charge in [0.2, 0.25) is 17.7 Å². The van der Waals surface area contributed by atoms with Crippen molar-refractivity contribution in [3.63, 3.8) is 0 Å². The van der Waals surface area contributed by atoms with E-state index >= 15 is 0 Å². The van der Waals surface area contributed by atoms with E-state index in [2.05, 4.69) is 217 Å². The highest BCUT2D eigenvalue weighted by molar-refractivity contribution is 6.08. The third-order valence-corrected chi connectivity index (χ3v) is 24.5. The molecule has 0 saturated carbocycles. The van der Waals surface area contributed by atoms with Gasteiger partial charge in [0.1, 0.15) is 22.9 Å². The van der Waals surface area contributed by atoms with E-state index in [1.165, 1.54) is 5.56 Å². The molecular formula is C95H144N10O8. The molecule has 0 spiro atoms. The molecule has 12 rings (SSSR count). The van der Waals surface area contributed by atoms with Crippen LogP contribution in [0.15, 0.2) is 128 Å². The lowest BCUT2D eigenvalue weighted by atomic mass is 9.50. The van der Waals surface area contributed by atoms with Crippen LogP contribution in [-0.4, -0.2) is 67.1 Å². The summed E-state index contributed by atoms with van der Waals surface area (Å²) >= 11 is 0. The largest absolute Gasteiger partial charge is 0.474 e. The molecule has 6 amide bonds. The summed E-state index contributed by atoms with van der Waals surface area (Å²) in [6.07, 6.45) is 6.64. The lowest BCUT2D eigenvalue weighted by molar-refractivity contribution is -0.162. The normalized spacial score (nSPS) is 18.1. The monoisotopic (exact) mass is 1550 g/mol. The number of amides is 6. The standard InChI is InChI=1S/C17H25NO.2C16H24N2O.C16H23NO2.C15H22N2O2.C13H18N2O.2CH4/c1-15(2,3)17(16(4,5)6)11-12-9-7-8-10-13(12)18-14(17)19;1-14(2,3)16(15(4,5)6)10-11-8-7-9-17-12(11)18-13(16)19;1-14(2,3)16(15(4,5)6)13(19)17-11-9-7-8-10-12(11)18-16;1-14(2,3)16(15(4,5)6)13(18)17-11-9-7-8-10-12(11)19-16;1-13(2,3)15(14(4,5)6)12(18)17-11-10(19-15)8-7-9-16-11;1-8(2)13(9(3)4)10-6-5-7-14-11(10)15-12(13)16;;/h7-10H,11H2,1-6H3,(H,18,19);7-9H,10H2,1-6H3,(H,17,18,19);7-10,18H,1-6H3,(H,17,19);7-10H,1-6H3,(H,17,18);7-9H,1-6H3,(H,16,17,18);5-9H,1-4H3,(H,14,15,16);2*1H4. The second-order valence-electron chi connectivity index (χ2n) is 42.0. The van der Waals surface area contributed by atoms with Crippen molar-refractivity contribution in [2.45, 2.75) is 285 Å². The predicted molar refractivity (Wildman–Crippen MR) is 469 cm³/mol. The molecule has 622 valence electrons. The number of aromatic nitrogens is 3. The predicted octanol–water partition coefficient (Wildman–Crippen LogP) is 22.7. The Kier molecular flexibility index (Phi) is 27.3. The fourth-order valence-electron chi connectivity index (χ4n) is 20.0. The first kappa shape index (κ1) is 94.9. The first-order valence-electron chi connectivity index (χ1n) is 39.6. The molecular weight excluding hydrogens is 1410 g/mol. The SMILES string of the molecule is C.C.CC(C)(C)C1(C(C)(C)C)Cc2ccccc2NC1=O.CC(C)(C)C1(C(C)(C)C)Cc2cccnc2NC1=O.CC(C)(C)C1(C(C)(C)C)Nc2ccccc2NC1=O.CC(C)(C)C1(C(C)(C)C)Oc2ccccc2NC1=O.CC(C)(C)C1(C(C)(C)C)Oc2cccnc2NC1=O.CC(C)C1(C(C)C)C(=O)Nc2ncccc21. The molecule has 18 heteroatoms. The Balaban J connectivity index is 0.000000242. The highest BCUT2D eigenvalue weighted by Crippen LogP contribution is 2.60. The number of hydrogen-bond donors (Lipinski definition) is 7. The number of para-hydroxylation sites is 5. The van der Waals surface area contributed by atoms with Crippen LogP contribution in [0.2, 0.25) is 0 Å². The maximum atomic E-state index is 12.9. The number of carbonyl (C=O) groups is 6. The number of carbonyl (C=O) groups excluding carboxylic acids is 6. The summed E-state index contributed by atoms with van der Waals surface area (Å²) < 4.78 is 12.4. The lowest BCUT2D eigenvalue weighted by Crippen LogP contribution is -2.67. The molecule has 0 unspecified atom stereocenters. The van der Waals surface area contributed by atoms with Gasteiger partial charge in [0.15, 0.2) is 22.8 Å². The van der Waals surface area contributed by atoms with Crippen molar-refractivity contribution in [2.24, 2.45) is 76.8 Å². The van der Waals surface area contributed by atoms with Gasteiger partial charge in [-0.25, -0.2) is 15.0 Å². The van der Waals surface area contributed by atoms with Gasteiger partial charge in [-0.1, -0.05) is 305 Å². The molecule has 0 fully saturated rings. The summed E-state index contributed by atoms with van der Waals surface area (Å²) in [5.74, 6) is 4.05. The van der Waals surface area contributed by atoms with E-state index in [4.69, 9.17) is 9.47 Å². The van der Waals surface area contributed by atoms with Crippen LogP contribution in [0, 0.1) is 76.8 Å². The van der Waals surface area contributed by atoms with E-state index in [1.54, 1.807) is 18.6 Å². The van der Waals surface area contributed by atoms with Crippen molar-refractivity contribution >= 4 is 75.6 Å². The molecule has 3 aromatic carbocycles. The second-order valence-corrected chi connectivity index (χ2v) is 42.0. The molecule has 6 aromatic rings. The molecule has 113 heavy (non-hydrogen) atoms. The van der Waals surface area contributed by atoms with E-state index in [0.29, 0.717) is 11.6 Å². The molecule has 18 nitrogen and oxygen atoms in total. The van der Waals surface area contributed by atoms with Gasteiger partial charge in [-0.2, -0.15) is 0 Å². The topological polar surface area (TPSA) is 244 Å². The number of rotatable bonds is 2. The molecule has 0 radical (unpaired) electrons. The fraction of sp³-hybridized carbons (Fsp3) is 0.589. The summed E-state index contributed by atoms with van der Waals surface area (Å²) in [5.41, 5.74) is 1.09.